The van der Waals surface area contributed by atoms with Crippen molar-refractivity contribution in [3.8, 4) is 28.6 Å². The maximum absolute atomic E-state index is 16.6. The number of pyridine rings is 2. The number of fused-ring (bicyclic) bond motifs is 5. The van der Waals surface area contributed by atoms with Gasteiger partial charge in [0.15, 0.2) is 34.8 Å². The summed E-state index contributed by atoms with van der Waals surface area (Å²) in [5.74, 6) is -8.32. The first-order chi connectivity index (χ1) is 38.1. The van der Waals surface area contributed by atoms with Gasteiger partial charge >= 0.3 is 22.3 Å². The summed E-state index contributed by atoms with van der Waals surface area (Å²) in [7, 11) is -4.14. The van der Waals surface area contributed by atoms with E-state index in [1.807, 2.05) is 0 Å². The Hall–Kier alpha value is -7.16. The van der Waals surface area contributed by atoms with E-state index in [0.717, 1.165) is 29.2 Å². The molecule has 2 unspecified atom stereocenters. The molecule has 4 aliphatic heterocycles. The summed E-state index contributed by atoms with van der Waals surface area (Å²) in [5.41, 5.74) is -1.13. The molecule has 0 spiro atoms. The third-order valence-corrected chi connectivity index (χ3v) is 16.4. The Kier molecular flexibility index (Phi) is 15.2. The van der Waals surface area contributed by atoms with Crippen LogP contribution in [0, 0.1) is 11.7 Å². The molecule has 5 aromatic rings. The minimum absolute atomic E-state index is 0.00686. The number of aliphatic carboxylic acids is 1. The molecule has 3 amide bonds. The maximum Gasteiger partial charge on any atom is 0.501 e. The summed E-state index contributed by atoms with van der Waals surface area (Å²) in [6.45, 7) is 0.815. The number of carboxylic acids is 1. The highest BCUT2D eigenvalue weighted by molar-refractivity contribution is 8.00. The number of thioether (sulfide) groups is 1. The van der Waals surface area contributed by atoms with E-state index in [9.17, 15) is 67.8 Å². The number of cyclic esters (lactones) is 1. The van der Waals surface area contributed by atoms with Gasteiger partial charge in [-0.15, -0.1) is 13.5 Å². The Balaban J connectivity index is 0.900. The SMILES string of the molecule is CC[C@@]1(O)C(=O)OCc2c1cc1n(c2=O)Cc2c-1nc1cc(F)c(OS(=O)(=O)Oc3cc(C(=O)N(C)CCOCCn4cc(CN5C(=O)CC(SC)C5=O)nn4)ccc3O[C@@H]3O[C@H](C(=O)O)[C@@H](O)[C@H](O)[C@H]3O)c3c1c2CC(CO)C3. The lowest BCUT2D eigenvalue weighted by Gasteiger charge is -2.38. The first-order valence-corrected chi connectivity index (χ1v) is 27.6. The summed E-state index contributed by atoms with van der Waals surface area (Å²) in [6, 6.07) is 5.39. The zero-order chi connectivity index (χ0) is 57.3. The van der Waals surface area contributed by atoms with Gasteiger partial charge in [-0.2, -0.15) is 11.8 Å². The van der Waals surface area contributed by atoms with Gasteiger partial charge in [0, 0.05) is 60.3 Å². The van der Waals surface area contributed by atoms with Gasteiger partial charge in [-0.3, -0.25) is 24.1 Å². The lowest BCUT2D eigenvalue weighted by Crippen LogP contribution is -2.61. The Labute approximate surface area is 456 Å². The average Bonchev–Trinajstić information content (AvgIpc) is 4.27. The molecule has 0 saturated carbocycles. The highest BCUT2D eigenvalue weighted by atomic mass is 32.3. The normalized spacial score (nSPS) is 24.1. The predicted octanol–water partition coefficient (Wildman–Crippen LogP) is -0.730. The molecule has 27 nitrogen and oxygen atoms in total. The highest BCUT2D eigenvalue weighted by Crippen LogP contribution is 2.46. The van der Waals surface area contributed by atoms with Crippen LogP contribution < -0.4 is 18.7 Å². The van der Waals surface area contributed by atoms with E-state index >= 15 is 4.39 Å². The molecule has 2 fully saturated rings. The van der Waals surface area contributed by atoms with Crippen molar-refractivity contribution in [3.05, 3.63) is 91.8 Å². The second-order valence-electron chi connectivity index (χ2n) is 19.7. The largest absolute Gasteiger partial charge is 0.501 e. The van der Waals surface area contributed by atoms with Crippen LogP contribution in [0.5, 0.6) is 17.2 Å². The summed E-state index contributed by atoms with van der Waals surface area (Å²) in [4.78, 5) is 84.5. The summed E-state index contributed by atoms with van der Waals surface area (Å²) in [5, 5.41) is 71.0. The van der Waals surface area contributed by atoms with Crippen molar-refractivity contribution in [2.24, 2.45) is 5.92 Å². The fourth-order valence-corrected chi connectivity index (χ4v) is 11.8. The number of amides is 3. The van der Waals surface area contributed by atoms with Crippen LogP contribution in [0.2, 0.25) is 0 Å². The number of halogens is 1. The standard InChI is InChI=1S/C50H52FN7O20S2/c1-4-50(70)29-14-32-38-27(19-57(32)45(65)28(29)21-74-49(50)69)25-11-22(20-59)12-26-37(25)31(52-38)15-30(51)42(26)78-80(71,72)77-34-13-23(5-6-33(34)75-48-41(63)39(61)40(62)43(76-48)47(67)68)44(64)55(2)7-9-73-10-8-56-17-24(53-54-56)18-58-36(60)16-35(79-3)46(58)66/h5-6,13-15,17,22,35,39-41,43,48,59,61-63,70H,4,7-12,16,18-21H2,1-3H3,(H,67,68)/t22?,35?,39-,40-,41+,43-,48+,50-/m0/s1. The van der Waals surface area contributed by atoms with Crippen LogP contribution in [-0.2, 0) is 88.5 Å². The second kappa shape index (κ2) is 21.7. The molecule has 7 heterocycles. The molecule has 426 valence electrons. The van der Waals surface area contributed by atoms with Crippen molar-refractivity contribution in [1.82, 2.24) is 34.3 Å². The Bertz CT molecular complexity index is 3560. The van der Waals surface area contributed by atoms with Gasteiger partial charge in [-0.25, -0.2) is 23.6 Å². The molecule has 0 bridgehead atoms. The van der Waals surface area contributed by atoms with Gasteiger partial charge in [0.25, 0.3) is 11.5 Å². The molecule has 80 heavy (non-hydrogen) atoms. The van der Waals surface area contributed by atoms with E-state index in [0.29, 0.717) is 16.8 Å². The van der Waals surface area contributed by atoms with E-state index in [2.05, 4.69) is 10.3 Å². The zero-order valence-electron chi connectivity index (χ0n) is 42.7. The molecule has 2 saturated heterocycles. The highest BCUT2D eigenvalue weighted by Gasteiger charge is 2.49. The lowest BCUT2D eigenvalue weighted by atomic mass is 9.80. The van der Waals surface area contributed by atoms with Crippen LogP contribution in [0.4, 0.5) is 4.39 Å². The number of rotatable bonds is 19. The van der Waals surface area contributed by atoms with Gasteiger partial charge in [-0.1, -0.05) is 12.1 Å². The third-order valence-electron chi connectivity index (χ3n) is 14.7. The number of aliphatic hydroxyl groups excluding tert-OH is 4. The number of nitrogens with zero attached hydrogens (tertiary/aromatic N) is 7. The van der Waals surface area contributed by atoms with Crippen molar-refractivity contribution in [1.29, 1.82) is 0 Å². The number of likely N-dealkylation sites (N-methyl/N-ethyl adjacent to an activating group) is 1. The van der Waals surface area contributed by atoms with Gasteiger partial charge in [0.05, 0.1) is 66.8 Å². The summed E-state index contributed by atoms with van der Waals surface area (Å²) < 4.78 is 80.4. The van der Waals surface area contributed by atoms with Gasteiger partial charge in [0.2, 0.25) is 18.1 Å². The smallest absolute Gasteiger partial charge is 0.479 e. The number of ether oxygens (including phenoxy) is 4. The lowest BCUT2D eigenvalue weighted by molar-refractivity contribution is -0.271. The molecule has 0 radical (unpaired) electrons. The maximum atomic E-state index is 16.6. The third kappa shape index (κ3) is 10.1. The molecule has 8 atom stereocenters. The van der Waals surface area contributed by atoms with Crippen LogP contribution >= 0.6 is 11.8 Å². The van der Waals surface area contributed by atoms with E-state index in [1.165, 1.54) is 39.0 Å². The first kappa shape index (κ1) is 56.1. The number of benzene rings is 2. The number of carboxylic acid groups (broad SMARTS) is 1. The van der Waals surface area contributed by atoms with Crippen LogP contribution in [0.1, 0.15) is 63.6 Å². The minimum atomic E-state index is -5.54. The monoisotopic (exact) mass is 1150 g/mol. The molecular formula is C50H52FN7O20S2. The number of hydrogen-bond acceptors (Lipinski definition) is 23. The van der Waals surface area contributed by atoms with E-state index in [1.54, 1.807) is 19.4 Å². The number of hydrogen-bond donors (Lipinski definition) is 6. The number of esters is 1. The number of imide groups is 1. The Morgan fingerprint density at radius 2 is 1.74 bits per heavy atom. The molecule has 30 heteroatoms. The zero-order valence-corrected chi connectivity index (χ0v) is 44.3. The van der Waals surface area contributed by atoms with Crippen LogP contribution in [0.25, 0.3) is 22.3 Å². The number of carbonyl (C=O) groups excluding carboxylic acids is 4. The number of likely N-dealkylation sites (tertiary alicyclic amines) is 1. The molecule has 1 aliphatic carbocycles. The van der Waals surface area contributed by atoms with Crippen molar-refractivity contribution in [3.63, 3.8) is 0 Å². The molecule has 10 rings (SSSR count). The van der Waals surface area contributed by atoms with E-state index < -0.39 is 118 Å². The van der Waals surface area contributed by atoms with Crippen molar-refractivity contribution in [2.45, 2.75) is 100 Å². The van der Waals surface area contributed by atoms with Gasteiger partial charge in [0.1, 0.15) is 30.6 Å². The topological polar surface area (TPSA) is 368 Å². The van der Waals surface area contributed by atoms with E-state index in [4.69, 9.17) is 32.3 Å². The van der Waals surface area contributed by atoms with Crippen molar-refractivity contribution >= 4 is 62.7 Å². The van der Waals surface area contributed by atoms with Crippen LogP contribution in [0.3, 0.4) is 0 Å². The predicted molar refractivity (Wildman–Crippen MR) is 269 cm³/mol. The molecule has 3 aromatic heterocycles. The number of carbonyl (C=O) groups is 5. The van der Waals surface area contributed by atoms with Gasteiger partial charge < -0.3 is 67.4 Å². The number of aromatic nitrogens is 5. The van der Waals surface area contributed by atoms with Gasteiger partial charge in [-0.05, 0) is 61.3 Å². The molecule has 5 aliphatic rings. The quantitative estimate of drug-likeness (QED) is 0.0331. The fourth-order valence-electron chi connectivity index (χ4n) is 10.4. The van der Waals surface area contributed by atoms with Crippen molar-refractivity contribution < 1.29 is 94.7 Å². The minimum Gasteiger partial charge on any atom is -0.479 e. The van der Waals surface area contributed by atoms with Crippen LogP contribution in [0.15, 0.2) is 41.3 Å². The molecule has 2 aromatic carbocycles. The number of aliphatic hydroxyl groups is 5. The van der Waals surface area contributed by atoms with Crippen molar-refractivity contribution in [2.75, 3.05) is 39.7 Å². The fraction of sp³-hybridized carbons (Fsp3) is 0.460. The average molecular weight is 1150 g/mol. The Morgan fingerprint density at radius 3 is 2.45 bits per heavy atom. The summed E-state index contributed by atoms with van der Waals surface area (Å²) >= 11 is 1.29. The van der Waals surface area contributed by atoms with Crippen LogP contribution in [-0.4, -0.2) is 179 Å². The Morgan fingerprint density at radius 1 is 0.975 bits per heavy atom. The molecule has 6 N–H and O–H groups in total. The first-order valence-electron chi connectivity index (χ1n) is 25.0. The molecular weight excluding hydrogens is 1100 g/mol. The second-order valence-corrected chi connectivity index (χ2v) is 21.9. The summed E-state index contributed by atoms with van der Waals surface area (Å²) in [6.07, 6.45) is -7.37. The van der Waals surface area contributed by atoms with E-state index in [-0.39, 0.29) is 121 Å².